The lowest BCUT2D eigenvalue weighted by Gasteiger charge is -2.17. The van der Waals surface area contributed by atoms with Gasteiger partial charge in [-0.1, -0.05) is 0 Å². The molecule has 6 nitrogen and oxygen atoms in total. The van der Waals surface area contributed by atoms with Gasteiger partial charge in [0.2, 0.25) is 5.76 Å². The zero-order valence-corrected chi connectivity index (χ0v) is 16.3. The molecular formula is C23H21FN2O4. The number of ether oxygens (including phenoxy) is 1. The number of anilines is 2. The average molecular weight is 408 g/mol. The van der Waals surface area contributed by atoms with Crippen LogP contribution in [0.2, 0.25) is 0 Å². The molecule has 1 aromatic heterocycles. The van der Waals surface area contributed by atoms with Crippen LogP contribution in [0.15, 0.2) is 65.1 Å². The third-order valence-corrected chi connectivity index (χ3v) is 4.89. The van der Waals surface area contributed by atoms with E-state index in [0.29, 0.717) is 17.0 Å². The molecule has 30 heavy (non-hydrogen) atoms. The van der Waals surface area contributed by atoms with Gasteiger partial charge in [0.05, 0.1) is 0 Å². The molecule has 0 atom stereocenters. The van der Waals surface area contributed by atoms with E-state index in [-0.39, 0.29) is 11.6 Å². The van der Waals surface area contributed by atoms with E-state index in [0.717, 1.165) is 18.8 Å². The molecule has 2 aromatic carbocycles. The molecule has 1 amide bonds. The minimum Gasteiger partial charge on any atom is -0.450 e. The number of benzene rings is 2. The molecule has 154 valence electrons. The van der Waals surface area contributed by atoms with Crippen LogP contribution in [0.25, 0.3) is 11.3 Å². The topological polar surface area (TPSA) is 71.8 Å². The van der Waals surface area contributed by atoms with Crippen molar-refractivity contribution in [2.24, 2.45) is 0 Å². The second kappa shape index (κ2) is 8.82. The number of rotatable bonds is 6. The Morgan fingerprint density at radius 3 is 2.37 bits per heavy atom. The average Bonchev–Trinajstić information content (AvgIpc) is 3.46. The number of furan rings is 1. The summed E-state index contributed by atoms with van der Waals surface area (Å²) >= 11 is 0. The molecule has 1 fully saturated rings. The predicted molar refractivity (Wildman–Crippen MR) is 111 cm³/mol. The Balaban J connectivity index is 1.28. The Kier molecular flexibility index (Phi) is 5.79. The van der Waals surface area contributed by atoms with Crippen LogP contribution in [0, 0.1) is 5.82 Å². The van der Waals surface area contributed by atoms with Crippen LogP contribution in [-0.2, 0) is 9.53 Å². The molecule has 0 saturated carbocycles. The molecule has 4 rings (SSSR count). The highest BCUT2D eigenvalue weighted by molar-refractivity contribution is 5.94. The molecule has 1 saturated heterocycles. The summed E-state index contributed by atoms with van der Waals surface area (Å²) < 4.78 is 23.5. The summed E-state index contributed by atoms with van der Waals surface area (Å²) in [5, 5.41) is 2.70. The van der Waals surface area contributed by atoms with Crippen LogP contribution < -0.4 is 10.2 Å². The minimum absolute atomic E-state index is 0.0305. The maximum atomic E-state index is 13.0. The van der Waals surface area contributed by atoms with Crippen LogP contribution in [-0.4, -0.2) is 31.6 Å². The second-order valence-electron chi connectivity index (χ2n) is 7.04. The lowest BCUT2D eigenvalue weighted by atomic mass is 10.2. The highest BCUT2D eigenvalue weighted by atomic mass is 19.1. The summed E-state index contributed by atoms with van der Waals surface area (Å²) in [4.78, 5) is 26.5. The second-order valence-corrected chi connectivity index (χ2v) is 7.04. The van der Waals surface area contributed by atoms with Gasteiger partial charge in [0.25, 0.3) is 5.91 Å². The smallest absolute Gasteiger partial charge is 0.374 e. The van der Waals surface area contributed by atoms with Crippen molar-refractivity contribution >= 4 is 23.3 Å². The first-order chi connectivity index (χ1) is 14.6. The Hall–Kier alpha value is -3.61. The molecule has 3 aromatic rings. The van der Waals surface area contributed by atoms with Gasteiger partial charge in [0, 0.05) is 30.0 Å². The van der Waals surface area contributed by atoms with E-state index < -0.39 is 18.5 Å². The van der Waals surface area contributed by atoms with E-state index in [9.17, 15) is 14.0 Å². The summed E-state index contributed by atoms with van der Waals surface area (Å²) in [6.45, 7) is 1.67. The van der Waals surface area contributed by atoms with Crippen LogP contribution in [0.1, 0.15) is 23.4 Å². The first kappa shape index (κ1) is 19.7. The number of nitrogens with one attached hydrogen (secondary N) is 1. The monoisotopic (exact) mass is 408 g/mol. The fraction of sp³-hybridized carbons (Fsp3) is 0.217. The van der Waals surface area contributed by atoms with Crippen molar-refractivity contribution in [2.45, 2.75) is 12.8 Å². The fourth-order valence-electron chi connectivity index (χ4n) is 3.35. The van der Waals surface area contributed by atoms with E-state index in [1.807, 2.05) is 24.3 Å². The largest absolute Gasteiger partial charge is 0.450 e. The van der Waals surface area contributed by atoms with Crippen molar-refractivity contribution in [1.29, 1.82) is 0 Å². The van der Waals surface area contributed by atoms with Gasteiger partial charge in [0.15, 0.2) is 6.61 Å². The maximum Gasteiger partial charge on any atom is 0.374 e. The number of nitrogens with zero attached hydrogens (tertiary/aromatic N) is 1. The van der Waals surface area contributed by atoms with Gasteiger partial charge in [0.1, 0.15) is 11.6 Å². The van der Waals surface area contributed by atoms with Gasteiger partial charge in [-0.2, -0.15) is 0 Å². The molecule has 0 unspecified atom stereocenters. The first-order valence-electron chi connectivity index (χ1n) is 9.76. The number of carbonyl (C=O) groups is 2. The predicted octanol–water partition coefficient (Wildman–Crippen LogP) is 4.48. The summed E-state index contributed by atoms with van der Waals surface area (Å²) in [7, 11) is 0. The lowest BCUT2D eigenvalue weighted by Crippen LogP contribution is -2.21. The Labute approximate surface area is 173 Å². The van der Waals surface area contributed by atoms with Crippen LogP contribution in [0.4, 0.5) is 15.8 Å². The molecule has 7 heteroatoms. The Bertz CT molecular complexity index is 1020. The van der Waals surface area contributed by atoms with Gasteiger partial charge in [-0.25, -0.2) is 9.18 Å². The Morgan fingerprint density at radius 2 is 1.67 bits per heavy atom. The molecule has 1 aliphatic rings. The standard InChI is InChI=1S/C23H21FN2O4/c24-17-5-3-16(4-6-17)20-11-12-21(30-20)23(28)29-15-22(27)25-18-7-9-19(10-8-18)26-13-1-2-14-26/h3-12H,1-2,13-15H2,(H,25,27). The third-order valence-electron chi connectivity index (χ3n) is 4.89. The minimum atomic E-state index is -0.747. The molecule has 1 aliphatic heterocycles. The number of carbonyl (C=O) groups excluding carboxylic acids is 2. The van der Waals surface area contributed by atoms with Crippen LogP contribution >= 0.6 is 0 Å². The number of hydrogen-bond acceptors (Lipinski definition) is 5. The summed E-state index contributed by atoms with van der Waals surface area (Å²) in [5.74, 6) is -1.17. The lowest BCUT2D eigenvalue weighted by molar-refractivity contribution is -0.119. The van der Waals surface area contributed by atoms with Crippen molar-refractivity contribution in [3.8, 4) is 11.3 Å². The molecule has 1 N–H and O–H groups in total. The van der Waals surface area contributed by atoms with E-state index >= 15 is 0 Å². The third kappa shape index (κ3) is 4.68. The van der Waals surface area contributed by atoms with Crippen molar-refractivity contribution in [3.05, 3.63) is 72.2 Å². The molecule has 2 heterocycles. The van der Waals surface area contributed by atoms with Gasteiger partial charge in [-0.15, -0.1) is 0 Å². The quantitative estimate of drug-likeness (QED) is 0.609. The zero-order chi connectivity index (χ0) is 20.9. The number of esters is 1. The fourth-order valence-corrected chi connectivity index (χ4v) is 3.35. The van der Waals surface area contributed by atoms with Crippen LogP contribution in [0.5, 0.6) is 0 Å². The van der Waals surface area contributed by atoms with E-state index in [4.69, 9.17) is 9.15 Å². The summed E-state index contributed by atoms with van der Waals surface area (Å²) in [6.07, 6.45) is 2.40. The molecular weight excluding hydrogens is 387 g/mol. The van der Waals surface area contributed by atoms with Gasteiger partial charge >= 0.3 is 5.97 Å². The van der Waals surface area contributed by atoms with Crippen molar-refractivity contribution in [2.75, 3.05) is 29.9 Å². The summed E-state index contributed by atoms with van der Waals surface area (Å²) in [6, 6.07) is 16.3. The highest BCUT2D eigenvalue weighted by Gasteiger charge is 2.16. The van der Waals surface area contributed by atoms with Crippen molar-refractivity contribution < 1.29 is 23.1 Å². The SMILES string of the molecule is O=C(COC(=O)c1ccc(-c2ccc(F)cc2)o1)Nc1ccc(N2CCCC2)cc1. The number of hydrogen-bond donors (Lipinski definition) is 1. The maximum absolute atomic E-state index is 13.0. The molecule has 0 bridgehead atoms. The van der Waals surface area contributed by atoms with E-state index in [1.54, 1.807) is 18.2 Å². The van der Waals surface area contributed by atoms with Gasteiger partial charge < -0.3 is 19.4 Å². The van der Waals surface area contributed by atoms with E-state index in [1.165, 1.54) is 31.0 Å². The van der Waals surface area contributed by atoms with Crippen molar-refractivity contribution in [1.82, 2.24) is 0 Å². The first-order valence-corrected chi connectivity index (χ1v) is 9.76. The van der Waals surface area contributed by atoms with Gasteiger partial charge in [-0.05, 0) is 73.5 Å². The van der Waals surface area contributed by atoms with Crippen molar-refractivity contribution in [3.63, 3.8) is 0 Å². The van der Waals surface area contributed by atoms with E-state index in [2.05, 4.69) is 10.2 Å². The summed E-state index contributed by atoms with van der Waals surface area (Å²) in [5.41, 5.74) is 2.40. The molecule has 0 radical (unpaired) electrons. The molecule has 0 aliphatic carbocycles. The van der Waals surface area contributed by atoms with Gasteiger partial charge in [-0.3, -0.25) is 4.79 Å². The zero-order valence-electron chi connectivity index (χ0n) is 16.3. The highest BCUT2D eigenvalue weighted by Crippen LogP contribution is 2.23. The normalized spacial score (nSPS) is 13.3. The Morgan fingerprint density at radius 1 is 0.967 bits per heavy atom. The number of amides is 1. The van der Waals surface area contributed by atoms with Crippen LogP contribution in [0.3, 0.4) is 0 Å². The molecule has 0 spiro atoms. The number of halogens is 1.